The van der Waals surface area contributed by atoms with E-state index in [0.29, 0.717) is 21.2 Å². The summed E-state index contributed by atoms with van der Waals surface area (Å²) in [5.74, 6) is -0.278. The molecule has 31 heavy (non-hydrogen) atoms. The summed E-state index contributed by atoms with van der Waals surface area (Å²) in [5.41, 5.74) is 0.734. The SMILES string of the molecule is Cc1ccc([N+](=O)[O-])cc1S(=O)(=O)N1CCN(C(=O)C=Cc2cccc(Cl)c2Cl)CC1. The molecule has 0 unspecified atom stereocenters. The van der Waals surface area contributed by atoms with E-state index in [1.807, 2.05) is 0 Å². The lowest BCUT2D eigenvalue weighted by molar-refractivity contribution is -0.385. The molecule has 0 aromatic heterocycles. The summed E-state index contributed by atoms with van der Waals surface area (Å²) in [5, 5.41) is 11.7. The Labute approximate surface area is 189 Å². The number of nitrogens with zero attached hydrogens (tertiary/aromatic N) is 3. The van der Waals surface area contributed by atoms with Crippen LogP contribution in [0.2, 0.25) is 10.0 Å². The molecule has 1 fully saturated rings. The Morgan fingerprint density at radius 2 is 1.81 bits per heavy atom. The molecular weight excluding hydrogens is 465 g/mol. The molecule has 8 nitrogen and oxygen atoms in total. The second-order valence-electron chi connectivity index (χ2n) is 6.91. The minimum Gasteiger partial charge on any atom is -0.337 e. The van der Waals surface area contributed by atoms with Crippen molar-refractivity contribution in [3.05, 3.63) is 73.8 Å². The quantitative estimate of drug-likeness (QED) is 0.366. The zero-order valence-electron chi connectivity index (χ0n) is 16.5. The van der Waals surface area contributed by atoms with Gasteiger partial charge >= 0.3 is 0 Å². The fraction of sp³-hybridized carbons (Fsp3) is 0.250. The van der Waals surface area contributed by atoms with Crippen LogP contribution in [0.4, 0.5) is 5.69 Å². The van der Waals surface area contributed by atoms with Crippen molar-refractivity contribution in [3.8, 4) is 0 Å². The van der Waals surface area contributed by atoms with Crippen LogP contribution in [0.3, 0.4) is 0 Å². The Kier molecular flexibility index (Phi) is 7.00. The van der Waals surface area contributed by atoms with Gasteiger partial charge < -0.3 is 4.90 Å². The molecule has 11 heteroatoms. The highest BCUT2D eigenvalue weighted by Crippen LogP contribution is 2.27. The number of sulfonamides is 1. The number of amides is 1. The van der Waals surface area contributed by atoms with E-state index in [-0.39, 0.29) is 42.7 Å². The van der Waals surface area contributed by atoms with Crippen molar-refractivity contribution >= 4 is 50.9 Å². The summed E-state index contributed by atoms with van der Waals surface area (Å²) in [7, 11) is -3.92. The van der Waals surface area contributed by atoms with Crippen LogP contribution in [0.1, 0.15) is 11.1 Å². The highest BCUT2D eigenvalue weighted by molar-refractivity contribution is 7.89. The predicted octanol–water partition coefficient (Wildman–Crippen LogP) is 3.76. The Morgan fingerprint density at radius 1 is 1.13 bits per heavy atom. The van der Waals surface area contributed by atoms with Crippen molar-refractivity contribution in [2.24, 2.45) is 0 Å². The average molecular weight is 484 g/mol. The molecule has 2 aromatic rings. The molecular formula is C20H19Cl2N3O5S. The molecule has 1 amide bonds. The normalized spacial score (nSPS) is 15.4. The molecule has 0 N–H and O–H groups in total. The van der Waals surface area contributed by atoms with Gasteiger partial charge in [-0.3, -0.25) is 14.9 Å². The van der Waals surface area contributed by atoms with Gasteiger partial charge in [0.15, 0.2) is 0 Å². The van der Waals surface area contributed by atoms with Crippen molar-refractivity contribution in [1.29, 1.82) is 0 Å². The van der Waals surface area contributed by atoms with Gasteiger partial charge in [-0.15, -0.1) is 0 Å². The van der Waals surface area contributed by atoms with E-state index in [0.717, 1.165) is 6.07 Å². The first kappa shape index (κ1) is 23.2. The van der Waals surface area contributed by atoms with Crippen molar-refractivity contribution in [2.75, 3.05) is 26.2 Å². The number of aryl methyl sites for hydroxylation is 1. The summed E-state index contributed by atoms with van der Waals surface area (Å²) in [6, 6.07) is 8.84. The molecule has 1 heterocycles. The lowest BCUT2D eigenvalue weighted by Gasteiger charge is -2.33. The van der Waals surface area contributed by atoms with E-state index in [2.05, 4.69) is 0 Å². The molecule has 1 aliphatic heterocycles. The van der Waals surface area contributed by atoms with Crippen LogP contribution < -0.4 is 0 Å². The number of hydrogen-bond acceptors (Lipinski definition) is 5. The van der Waals surface area contributed by atoms with Gasteiger partial charge in [0.05, 0.1) is 19.9 Å². The average Bonchev–Trinajstić information content (AvgIpc) is 2.74. The maximum Gasteiger partial charge on any atom is 0.270 e. The van der Waals surface area contributed by atoms with Gasteiger partial charge in [-0.2, -0.15) is 4.31 Å². The van der Waals surface area contributed by atoms with Gasteiger partial charge in [-0.25, -0.2) is 8.42 Å². The largest absolute Gasteiger partial charge is 0.337 e. The van der Waals surface area contributed by atoms with Crippen LogP contribution in [-0.2, 0) is 14.8 Å². The van der Waals surface area contributed by atoms with E-state index in [4.69, 9.17) is 23.2 Å². The molecule has 1 aliphatic rings. The predicted molar refractivity (Wildman–Crippen MR) is 119 cm³/mol. The molecule has 2 aromatic carbocycles. The topological polar surface area (TPSA) is 101 Å². The molecule has 0 atom stereocenters. The van der Waals surface area contributed by atoms with Crippen LogP contribution in [0.25, 0.3) is 6.08 Å². The Bertz CT molecular complexity index is 1160. The number of rotatable bonds is 5. The number of carbonyl (C=O) groups excluding carboxylic acids is 1. The van der Waals surface area contributed by atoms with Crippen LogP contribution >= 0.6 is 23.2 Å². The molecule has 0 spiro atoms. The third-order valence-electron chi connectivity index (χ3n) is 4.94. The standard InChI is InChI=1S/C20H19Cl2N3O5S/c1-14-5-7-16(25(27)28)13-18(14)31(29,30)24-11-9-23(10-12-24)19(26)8-6-15-3-2-4-17(21)20(15)22/h2-8,13H,9-12H2,1H3. The maximum absolute atomic E-state index is 13.0. The monoisotopic (exact) mass is 483 g/mol. The van der Waals surface area contributed by atoms with Crippen molar-refractivity contribution in [1.82, 2.24) is 9.21 Å². The second-order valence-corrected chi connectivity index (χ2v) is 9.60. The Morgan fingerprint density at radius 3 is 2.45 bits per heavy atom. The first-order valence-electron chi connectivity index (χ1n) is 9.27. The molecule has 1 saturated heterocycles. The van der Waals surface area contributed by atoms with Crippen molar-refractivity contribution in [3.63, 3.8) is 0 Å². The number of non-ortho nitro benzene ring substituents is 1. The van der Waals surface area contributed by atoms with E-state index in [1.54, 1.807) is 31.2 Å². The fourth-order valence-electron chi connectivity index (χ4n) is 3.18. The maximum atomic E-state index is 13.0. The number of carbonyl (C=O) groups is 1. The summed E-state index contributed by atoms with van der Waals surface area (Å²) >= 11 is 12.1. The van der Waals surface area contributed by atoms with Gasteiger partial charge in [0.2, 0.25) is 15.9 Å². The lowest BCUT2D eigenvalue weighted by atomic mass is 10.2. The van der Waals surface area contributed by atoms with Gasteiger partial charge in [0.1, 0.15) is 0 Å². The minimum atomic E-state index is -3.92. The summed E-state index contributed by atoms with van der Waals surface area (Å²) < 4.78 is 27.2. The highest BCUT2D eigenvalue weighted by Gasteiger charge is 2.31. The Hall–Kier alpha value is -2.46. The lowest BCUT2D eigenvalue weighted by Crippen LogP contribution is -2.50. The number of piperazine rings is 1. The highest BCUT2D eigenvalue weighted by atomic mass is 35.5. The first-order valence-corrected chi connectivity index (χ1v) is 11.5. The minimum absolute atomic E-state index is 0.0853. The number of nitro benzene ring substituents is 1. The van der Waals surface area contributed by atoms with E-state index < -0.39 is 14.9 Å². The van der Waals surface area contributed by atoms with Gasteiger partial charge in [0, 0.05) is 44.4 Å². The van der Waals surface area contributed by atoms with E-state index in [1.165, 1.54) is 27.4 Å². The number of benzene rings is 2. The molecule has 0 bridgehead atoms. The summed E-state index contributed by atoms with van der Waals surface area (Å²) in [4.78, 5) is 24.3. The summed E-state index contributed by atoms with van der Waals surface area (Å²) in [6.45, 7) is 2.14. The second kappa shape index (κ2) is 9.35. The van der Waals surface area contributed by atoms with Gasteiger partial charge in [-0.05, 0) is 30.2 Å². The molecule has 0 saturated carbocycles. The van der Waals surface area contributed by atoms with Crippen LogP contribution in [0.15, 0.2) is 47.4 Å². The van der Waals surface area contributed by atoms with Crippen LogP contribution in [0.5, 0.6) is 0 Å². The van der Waals surface area contributed by atoms with Crippen LogP contribution in [-0.4, -0.2) is 54.6 Å². The zero-order chi connectivity index (χ0) is 22.8. The molecule has 3 rings (SSSR count). The number of nitro groups is 1. The zero-order valence-corrected chi connectivity index (χ0v) is 18.8. The molecule has 164 valence electrons. The smallest absolute Gasteiger partial charge is 0.270 e. The van der Waals surface area contributed by atoms with Gasteiger partial charge in [0.25, 0.3) is 5.69 Å². The first-order chi connectivity index (χ1) is 14.6. The van der Waals surface area contributed by atoms with Crippen LogP contribution in [0, 0.1) is 17.0 Å². The number of halogens is 2. The van der Waals surface area contributed by atoms with E-state index in [9.17, 15) is 23.3 Å². The third-order valence-corrected chi connectivity index (χ3v) is 7.81. The summed E-state index contributed by atoms with van der Waals surface area (Å²) in [6.07, 6.45) is 2.93. The van der Waals surface area contributed by atoms with Gasteiger partial charge in [-0.1, -0.05) is 41.4 Å². The number of hydrogen-bond donors (Lipinski definition) is 0. The van der Waals surface area contributed by atoms with E-state index >= 15 is 0 Å². The van der Waals surface area contributed by atoms with Crippen molar-refractivity contribution < 1.29 is 18.1 Å². The third kappa shape index (κ3) is 5.07. The Balaban J connectivity index is 1.69. The fourth-order valence-corrected chi connectivity index (χ4v) is 5.22. The molecule has 0 aliphatic carbocycles. The molecule has 0 radical (unpaired) electrons. The van der Waals surface area contributed by atoms with Crippen molar-refractivity contribution in [2.45, 2.75) is 11.8 Å².